The molecule has 114 valence electrons. The topological polar surface area (TPSA) is 70.9 Å². The predicted octanol–water partition coefficient (Wildman–Crippen LogP) is 2.94. The molecule has 1 amide bonds. The Morgan fingerprint density at radius 2 is 1.95 bits per heavy atom. The van der Waals surface area contributed by atoms with Crippen molar-refractivity contribution in [1.29, 1.82) is 0 Å². The average Bonchev–Trinajstić information content (AvgIpc) is 2.54. The lowest BCUT2D eigenvalue weighted by Crippen LogP contribution is -2.17. The molecule has 22 heavy (non-hydrogen) atoms. The zero-order valence-corrected chi connectivity index (χ0v) is 12.3. The number of phenols is 1. The summed E-state index contributed by atoms with van der Waals surface area (Å²) in [6.45, 7) is 2.73. The second-order valence-electron chi connectivity index (χ2n) is 4.63. The van der Waals surface area contributed by atoms with E-state index in [0.29, 0.717) is 6.61 Å². The molecule has 0 saturated heterocycles. The second-order valence-corrected chi connectivity index (χ2v) is 4.63. The van der Waals surface area contributed by atoms with E-state index in [9.17, 15) is 9.90 Å². The largest absolute Gasteiger partial charge is 0.507 e. The number of amides is 1. The molecule has 0 aromatic heterocycles. The van der Waals surface area contributed by atoms with Crippen molar-refractivity contribution in [3.63, 3.8) is 0 Å². The van der Waals surface area contributed by atoms with E-state index in [1.165, 1.54) is 18.3 Å². The smallest absolute Gasteiger partial charge is 0.275 e. The Kier molecular flexibility index (Phi) is 5.54. The van der Waals surface area contributed by atoms with E-state index in [1.807, 2.05) is 31.2 Å². The zero-order chi connectivity index (χ0) is 15.8. The fourth-order valence-corrected chi connectivity index (χ4v) is 1.76. The summed E-state index contributed by atoms with van der Waals surface area (Å²) in [4.78, 5) is 11.8. The van der Waals surface area contributed by atoms with Crippen LogP contribution in [0.2, 0.25) is 0 Å². The number of benzene rings is 2. The third-order valence-corrected chi connectivity index (χ3v) is 2.88. The predicted molar refractivity (Wildman–Crippen MR) is 85.4 cm³/mol. The molecule has 0 fully saturated rings. The van der Waals surface area contributed by atoms with E-state index in [2.05, 4.69) is 10.5 Å². The Morgan fingerprint density at radius 1 is 1.23 bits per heavy atom. The van der Waals surface area contributed by atoms with Crippen LogP contribution >= 0.6 is 0 Å². The van der Waals surface area contributed by atoms with Crippen molar-refractivity contribution in [2.75, 3.05) is 6.61 Å². The molecule has 2 aromatic carbocycles. The van der Waals surface area contributed by atoms with Crippen LogP contribution in [0.1, 0.15) is 29.3 Å². The van der Waals surface area contributed by atoms with Gasteiger partial charge in [0.2, 0.25) is 0 Å². The van der Waals surface area contributed by atoms with E-state index < -0.39 is 5.91 Å². The number of carbonyl (C=O) groups is 1. The van der Waals surface area contributed by atoms with Gasteiger partial charge in [0.1, 0.15) is 11.5 Å². The van der Waals surface area contributed by atoms with Gasteiger partial charge in [0.15, 0.2) is 0 Å². The van der Waals surface area contributed by atoms with Crippen LogP contribution in [0.15, 0.2) is 53.6 Å². The Labute approximate surface area is 129 Å². The van der Waals surface area contributed by atoms with Crippen molar-refractivity contribution in [2.24, 2.45) is 5.10 Å². The van der Waals surface area contributed by atoms with Crippen molar-refractivity contribution in [3.05, 3.63) is 59.7 Å². The first-order valence-corrected chi connectivity index (χ1v) is 7.05. The highest BCUT2D eigenvalue weighted by molar-refractivity contribution is 5.97. The molecule has 0 radical (unpaired) electrons. The van der Waals surface area contributed by atoms with E-state index in [-0.39, 0.29) is 11.3 Å². The van der Waals surface area contributed by atoms with Gasteiger partial charge in [0.05, 0.1) is 18.4 Å². The molecule has 2 rings (SSSR count). The number of carbonyl (C=O) groups excluding carboxylic acids is 1. The molecule has 0 aliphatic rings. The van der Waals surface area contributed by atoms with Gasteiger partial charge in [0.25, 0.3) is 5.91 Å². The standard InChI is InChI=1S/C17H18N2O3/c1-2-11-22-14-9-7-13(8-10-14)12-18-19-17(21)15-5-3-4-6-16(15)20/h3-10,12,20H,2,11H2,1H3,(H,19,21)/b18-12+. The van der Waals surface area contributed by atoms with Crippen molar-refractivity contribution >= 4 is 12.1 Å². The minimum absolute atomic E-state index is 0.0763. The fraction of sp³-hybridized carbons (Fsp3) is 0.176. The van der Waals surface area contributed by atoms with E-state index in [1.54, 1.807) is 12.1 Å². The number of phenolic OH excluding ortho intramolecular Hbond substituents is 1. The van der Waals surface area contributed by atoms with E-state index in [4.69, 9.17) is 4.74 Å². The van der Waals surface area contributed by atoms with Crippen LogP contribution in [-0.2, 0) is 0 Å². The van der Waals surface area contributed by atoms with Crippen molar-refractivity contribution in [2.45, 2.75) is 13.3 Å². The fourth-order valence-electron chi connectivity index (χ4n) is 1.76. The number of nitrogens with one attached hydrogen (secondary N) is 1. The summed E-state index contributed by atoms with van der Waals surface area (Å²) in [7, 11) is 0. The minimum atomic E-state index is -0.461. The lowest BCUT2D eigenvalue weighted by atomic mass is 10.2. The molecule has 0 aliphatic carbocycles. The number of aromatic hydroxyl groups is 1. The monoisotopic (exact) mass is 298 g/mol. The SMILES string of the molecule is CCCOc1ccc(/C=N/NC(=O)c2ccccc2O)cc1. The highest BCUT2D eigenvalue weighted by Crippen LogP contribution is 2.15. The van der Waals surface area contributed by atoms with Gasteiger partial charge < -0.3 is 9.84 Å². The van der Waals surface area contributed by atoms with Crippen molar-refractivity contribution < 1.29 is 14.6 Å². The molecule has 0 spiro atoms. The van der Waals surface area contributed by atoms with Gasteiger partial charge in [-0.25, -0.2) is 5.43 Å². The number of ether oxygens (including phenoxy) is 1. The van der Waals surface area contributed by atoms with E-state index in [0.717, 1.165) is 17.7 Å². The molecule has 5 nitrogen and oxygen atoms in total. The Balaban J connectivity index is 1.92. The van der Waals surface area contributed by atoms with Crippen molar-refractivity contribution in [1.82, 2.24) is 5.43 Å². The van der Waals surface area contributed by atoms with Gasteiger partial charge in [-0.15, -0.1) is 0 Å². The van der Waals surface area contributed by atoms with Gasteiger partial charge in [-0.1, -0.05) is 19.1 Å². The number of nitrogens with zero attached hydrogens (tertiary/aromatic N) is 1. The second kappa shape index (κ2) is 7.83. The van der Waals surface area contributed by atoms with Crippen LogP contribution in [0.3, 0.4) is 0 Å². The average molecular weight is 298 g/mol. The molecule has 0 aliphatic heterocycles. The van der Waals surface area contributed by atoms with E-state index >= 15 is 0 Å². The maximum Gasteiger partial charge on any atom is 0.275 e. The number of hydrogen-bond donors (Lipinski definition) is 2. The summed E-state index contributed by atoms with van der Waals surface area (Å²) >= 11 is 0. The van der Waals surface area contributed by atoms with Gasteiger partial charge in [-0.05, 0) is 48.4 Å². The normalized spacial score (nSPS) is 10.6. The van der Waals surface area contributed by atoms with Crippen LogP contribution in [0, 0.1) is 0 Å². The highest BCUT2D eigenvalue weighted by Gasteiger charge is 2.08. The first-order chi connectivity index (χ1) is 10.7. The number of para-hydroxylation sites is 1. The molecule has 0 unspecified atom stereocenters. The molecule has 0 saturated carbocycles. The maximum atomic E-state index is 11.8. The van der Waals surface area contributed by atoms with Gasteiger partial charge in [-0.2, -0.15) is 5.10 Å². The van der Waals surface area contributed by atoms with Crippen LogP contribution < -0.4 is 10.2 Å². The molecular weight excluding hydrogens is 280 g/mol. The number of hydrazone groups is 1. The van der Waals surface area contributed by atoms with Crippen LogP contribution in [-0.4, -0.2) is 23.8 Å². The van der Waals surface area contributed by atoms with Gasteiger partial charge in [0, 0.05) is 0 Å². The Bertz CT molecular complexity index is 651. The maximum absolute atomic E-state index is 11.8. The zero-order valence-electron chi connectivity index (χ0n) is 12.3. The third kappa shape index (κ3) is 4.34. The molecule has 2 N–H and O–H groups in total. The third-order valence-electron chi connectivity index (χ3n) is 2.88. The van der Waals surface area contributed by atoms with Crippen LogP contribution in [0.25, 0.3) is 0 Å². The number of rotatable bonds is 6. The number of hydrogen-bond acceptors (Lipinski definition) is 4. The summed E-state index contributed by atoms with van der Waals surface area (Å²) < 4.78 is 5.48. The highest BCUT2D eigenvalue weighted by atomic mass is 16.5. The lowest BCUT2D eigenvalue weighted by Gasteiger charge is -2.04. The summed E-state index contributed by atoms with van der Waals surface area (Å²) in [5.41, 5.74) is 3.39. The van der Waals surface area contributed by atoms with Crippen LogP contribution in [0.5, 0.6) is 11.5 Å². The van der Waals surface area contributed by atoms with Gasteiger partial charge in [-0.3, -0.25) is 4.79 Å². The Hall–Kier alpha value is -2.82. The first-order valence-electron chi connectivity index (χ1n) is 7.05. The quantitative estimate of drug-likeness (QED) is 0.636. The summed E-state index contributed by atoms with van der Waals surface area (Å²) in [5.74, 6) is 0.266. The first kappa shape index (κ1) is 15.6. The van der Waals surface area contributed by atoms with Crippen LogP contribution in [0.4, 0.5) is 0 Å². The van der Waals surface area contributed by atoms with Crippen molar-refractivity contribution in [3.8, 4) is 11.5 Å². The summed E-state index contributed by atoms with van der Waals surface area (Å²) in [6, 6.07) is 13.7. The molecule has 0 bridgehead atoms. The minimum Gasteiger partial charge on any atom is -0.507 e. The summed E-state index contributed by atoms with van der Waals surface area (Å²) in [5, 5.41) is 13.4. The van der Waals surface area contributed by atoms with Gasteiger partial charge >= 0.3 is 0 Å². The lowest BCUT2D eigenvalue weighted by molar-refractivity contribution is 0.0952. The molecule has 5 heteroatoms. The summed E-state index contributed by atoms with van der Waals surface area (Å²) in [6.07, 6.45) is 2.49. The molecule has 2 aromatic rings. The molecular formula is C17H18N2O3. The molecule has 0 atom stereocenters. The Morgan fingerprint density at radius 3 is 2.64 bits per heavy atom. The molecule has 0 heterocycles.